The maximum absolute atomic E-state index is 7.17. The van der Waals surface area contributed by atoms with Crippen molar-refractivity contribution >= 4 is 28.9 Å². The molecule has 0 atom stereocenters. The molecular formula is C20H17BO3. The van der Waals surface area contributed by atoms with Crippen LogP contribution >= 0.6 is 0 Å². The second-order valence-corrected chi connectivity index (χ2v) is 5.41. The quantitative estimate of drug-likeness (QED) is 0.371. The lowest BCUT2D eigenvalue weighted by Gasteiger charge is -2.11. The summed E-state index contributed by atoms with van der Waals surface area (Å²) < 4.78 is 0. The molecule has 0 aromatic heterocycles. The van der Waals surface area contributed by atoms with Gasteiger partial charge in [-0.15, -0.1) is 0 Å². The van der Waals surface area contributed by atoms with Crippen molar-refractivity contribution in [2.75, 3.05) is 0 Å². The molecule has 0 radical (unpaired) electrons. The third-order valence-corrected chi connectivity index (χ3v) is 3.83. The van der Waals surface area contributed by atoms with Crippen LogP contribution in [0.3, 0.4) is 0 Å². The Morgan fingerprint density at radius 2 is 0.958 bits per heavy atom. The Morgan fingerprint density at radius 1 is 0.542 bits per heavy atom. The normalized spacial score (nSPS) is 10.3. The summed E-state index contributed by atoms with van der Waals surface area (Å²) >= 11 is 0. The van der Waals surface area contributed by atoms with Crippen molar-refractivity contribution in [2.45, 2.75) is 0 Å². The van der Waals surface area contributed by atoms with Crippen LogP contribution in [0.25, 0.3) is 32.7 Å². The van der Waals surface area contributed by atoms with E-state index in [1.165, 1.54) is 32.7 Å². The molecule has 4 aromatic carbocycles. The zero-order valence-corrected chi connectivity index (χ0v) is 13.0. The van der Waals surface area contributed by atoms with Gasteiger partial charge < -0.3 is 15.1 Å². The molecule has 0 fully saturated rings. The summed E-state index contributed by atoms with van der Waals surface area (Å²) in [6, 6.07) is 30.2. The van der Waals surface area contributed by atoms with Gasteiger partial charge in [0.1, 0.15) is 0 Å². The number of benzene rings is 4. The molecule has 4 aromatic rings. The van der Waals surface area contributed by atoms with Crippen LogP contribution in [0.15, 0.2) is 84.9 Å². The van der Waals surface area contributed by atoms with E-state index in [4.69, 9.17) is 15.1 Å². The maximum Gasteiger partial charge on any atom is 0.631 e. The smallest absolute Gasteiger partial charge is 0.402 e. The Balaban J connectivity index is 0.000000383. The molecule has 0 aliphatic heterocycles. The number of hydrogen-bond donors (Lipinski definition) is 3. The molecule has 0 bridgehead atoms. The van der Waals surface area contributed by atoms with Crippen molar-refractivity contribution in [1.82, 2.24) is 0 Å². The Hall–Kier alpha value is -2.66. The van der Waals surface area contributed by atoms with Gasteiger partial charge in [0.05, 0.1) is 0 Å². The largest absolute Gasteiger partial charge is 0.631 e. The van der Waals surface area contributed by atoms with Crippen molar-refractivity contribution in [3.63, 3.8) is 0 Å². The van der Waals surface area contributed by atoms with E-state index < -0.39 is 7.32 Å². The van der Waals surface area contributed by atoms with Crippen molar-refractivity contribution in [1.29, 1.82) is 0 Å². The molecule has 0 amide bonds. The SMILES string of the molecule is OB(O)O.c1ccc(-c2c3ccccc3cc3ccccc23)cc1. The first-order valence-corrected chi connectivity index (χ1v) is 7.67. The van der Waals surface area contributed by atoms with Crippen LogP contribution in [0, 0.1) is 0 Å². The first-order chi connectivity index (χ1) is 11.7. The summed E-state index contributed by atoms with van der Waals surface area (Å²) in [7, 11) is -2.17. The fourth-order valence-corrected chi connectivity index (χ4v) is 2.93. The lowest BCUT2D eigenvalue weighted by atomic mass is 9.92. The molecule has 4 rings (SSSR count). The van der Waals surface area contributed by atoms with Gasteiger partial charge in [-0.05, 0) is 38.7 Å². The molecule has 3 N–H and O–H groups in total. The molecule has 0 heterocycles. The van der Waals surface area contributed by atoms with E-state index in [0.29, 0.717) is 0 Å². The van der Waals surface area contributed by atoms with E-state index in [-0.39, 0.29) is 0 Å². The van der Waals surface area contributed by atoms with Gasteiger partial charge >= 0.3 is 7.32 Å². The molecule has 4 heteroatoms. The standard InChI is InChI=1S/C20H14.BH3O3/c1-2-8-15(9-3-1)20-18-12-6-4-10-16(18)14-17-11-5-7-13-19(17)20;2-1(3)4/h1-14H;2-4H. The molecule has 0 aliphatic rings. The topological polar surface area (TPSA) is 60.7 Å². The van der Waals surface area contributed by atoms with Crippen molar-refractivity contribution in [3.05, 3.63) is 84.9 Å². The number of rotatable bonds is 1. The van der Waals surface area contributed by atoms with Crippen LogP contribution in [0.1, 0.15) is 0 Å². The predicted molar refractivity (Wildman–Crippen MR) is 99.3 cm³/mol. The van der Waals surface area contributed by atoms with Gasteiger partial charge in [0.2, 0.25) is 0 Å². The molecule has 3 nitrogen and oxygen atoms in total. The number of hydrogen-bond acceptors (Lipinski definition) is 3. The highest BCUT2D eigenvalue weighted by molar-refractivity contribution is 6.30. The maximum atomic E-state index is 7.17. The highest BCUT2D eigenvalue weighted by Crippen LogP contribution is 2.35. The molecular weight excluding hydrogens is 299 g/mol. The van der Waals surface area contributed by atoms with Gasteiger partial charge in [-0.3, -0.25) is 0 Å². The Labute approximate surface area is 140 Å². The minimum absolute atomic E-state index is 1.28. The summed E-state index contributed by atoms with van der Waals surface area (Å²) in [5, 5.41) is 26.7. The second kappa shape index (κ2) is 7.28. The van der Waals surface area contributed by atoms with Crippen LogP contribution in [0.2, 0.25) is 0 Å². The molecule has 0 unspecified atom stereocenters. The van der Waals surface area contributed by atoms with Crippen LogP contribution in [-0.4, -0.2) is 22.4 Å². The Kier molecular flexibility index (Phi) is 4.92. The van der Waals surface area contributed by atoms with Gasteiger partial charge in [0.25, 0.3) is 0 Å². The molecule has 0 saturated heterocycles. The molecule has 0 saturated carbocycles. The van der Waals surface area contributed by atoms with Crippen LogP contribution in [0.4, 0.5) is 0 Å². The van der Waals surface area contributed by atoms with Gasteiger partial charge in [-0.2, -0.15) is 0 Å². The predicted octanol–water partition coefficient (Wildman–Crippen LogP) is 3.61. The zero-order valence-electron chi connectivity index (χ0n) is 13.0. The van der Waals surface area contributed by atoms with E-state index in [0.717, 1.165) is 0 Å². The third-order valence-electron chi connectivity index (χ3n) is 3.83. The first-order valence-electron chi connectivity index (χ1n) is 7.67. The highest BCUT2D eigenvalue weighted by atomic mass is 16.5. The summed E-state index contributed by atoms with van der Waals surface area (Å²) in [6.07, 6.45) is 0. The summed E-state index contributed by atoms with van der Waals surface area (Å²) in [4.78, 5) is 0. The van der Waals surface area contributed by atoms with Gasteiger partial charge in [0, 0.05) is 0 Å². The lowest BCUT2D eigenvalue weighted by Crippen LogP contribution is -2.07. The average Bonchev–Trinajstić information content (AvgIpc) is 2.60. The van der Waals surface area contributed by atoms with Gasteiger partial charge in [-0.25, -0.2) is 0 Å². The van der Waals surface area contributed by atoms with Crippen molar-refractivity contribution < 1.29 is 15.1 Å². The van der Waals surface area contributed by atoms with E-state index in [1.807, 2.05) is 0 Å². The molecule has 118 valence electrons. The van der Waals surface area contributed by atoms with Crippen LogP contribution in [0.5, 0.6) is 0 Å². The number of fused-ring (bicyclic) bond motifs is 2. The van der Waals surface area contributed by atoms with Gasteiger partial charge in [-0.1, -0.05) is 78.9 Å². The third kappa shape index (κ3) is 3.47. The highest BCUT2D eigenvalue weighted by Gasteiger charge is 2.08. The fourth-order valence-electron chi connectivity index (χ4n) is 2.93. The Morgan fingerprint density at radius 3 is 1.46 bits per heavy atom. The average molecular weight is 316 g/mol. The zero-order chi connectivity index (χ0) is 16.9. The summed E-state index contributed by atoms with van der Waals surface area (Å²) in [6.45, 7) is 0. The van der Waals surface area contributed by atoms with Crippen LogP contribution < -0.4 is 0 Å². The van der Waals surface area contributed by atoms with E-state index in [2.05, 4.69) is 84.9 Å². The fraction of sp³-hybridized carbons (Fsp3) is 0. The minimum atomic E-state index is -2.17. The van der Waals surface area contributed by atoms with Crippen LogP contribution in [-0.2, 0) is 0 Å². The van der Waals surface area contributed by atoms with Crippen molar-refractivity contribution in [3.8, 4) is 11.1 Å². The Bertz CT molecular complexity index is 896. The van der Waals surface area contributed by atoms with E-state index >= 15 is 0 Å². The molecule has 0 aliphatic carbocycles. The van der Waals surface area contributed by atoms with E-state index in [1.54, 1.807) is 0 Å². The molecule has 24 heavy (non-hydrogen) atoms. The monoisotopic (exact) mass is 316 g/mol. The summed E-state index contributed by atoms with van der Waals surface area (Å²) in [5.41, 5.74) is 2.61. The van der Waals surface area contributed by atoms with E-state index in [9.17, 15) is 0 Å². The lowest BCUT2D eigenvalue weighted by molar-refractivity contribution is 0.278. The minimum Gasteiger partial charge on any atom is -0.402 e. The van der Waals surface area contributed by atoms with Crippen molar-refractivity contribution in [2.24, 2.45) is 0 Å². The first kappa shape index (κ1) is 16.2. The summed E-state index contributed by atoms with van der Waals surface area (Å²) in [5.74, 6) is 0. The van der Waals surface area contributed by atoms with Gasteiger partial charge in [0.15, 0.2) is 0 Å². The second-order valence-electron chi connectivity index (χ2n) is 5.41. The molecule has 0 spiro atoms.